The van der Waals surface area contributed by atoms with Crippen molar-refractivity contribution in [1.82, 2.24) is 4.90 Å². The van der Waals surface area contributed by atoms with Crippen molar-refractivity contribution in [3.8, 4) is 0 Å². The summed E-state index contributed by atoms with van der Waals surface area (Å²) in [5.74, 6) is 0.0936. The molecule has 0 aliphatic carbocycles. The number of piperidine rings is 1. The second-order valence-corrected chi connectivity index (χ2v) is 4.78. The molecule has 1 aliphatic heterocycles. The van der Waals surface area contributed by atoms with Gasteiger partial charge in [0.05, 0.1) is 18.6 Å². The molecule has 4 heteroatoms. The average Bonchev–Trinajstić information content (AvgIpc) is 2.22. The summed E-state index contributed by atoms with van der Waals surface area (Å²) in [6.07, 6.45) is 3.07. The van der Waals surface area contributed by atoms with Crippen molar-refractivity contribution < 1.29 is 14.6 Å². The Labute approximate surface area is 97.6 Å². The smallest absolute Gasteiger partial charge is 0.224 e. The van der Waals surface area contributed by atoms with E-state index >= 15 is 0 Å². The fraction of sp³-hybridized carbons (Fsp3) is 0.917. The van der Waals surface area contributed by atoms with Crippen LogP contribution in [0, 0.1) is 0 Å². The van der Waals surface area contributed by atoms with Crippen LogP contribution < -0.4 is 0 Å². The molecule has 1 unspecified atom stereocenters. The Kier molecular flexibility index (Phi) is 5.22. The number of amides is 1. The number of rotatable bonds is 5. The number of likely N-dealkylation sites (tertiary alicyclic amines) is 1. The van der Waals surface area contributed by atoms with E-state index in [-0.39, 0.29) is 5.91 Å². The Morgan fingerprint density at radius 2 is 2.25 bits per heavy atom. The molecule has 0 aromatic carbocycles. The Balaban J connectivity index is 2.25. The Bertz CT molecular complexity index is 228. The molecule has 4 nitrogen and oxygen atoms in total. The molecule has 94 valence electrons. The molecular weight excluding hydrogens is 206 g/mol. The van der Waals surface area contributed by atoms with Gasteiger partial charge in [0, 0.05) is 19.7 Å². The fourth-order valence-electron chi connectivity index (χ4n) is 2.00. The highest BCUT2D eigenvalue weighted by molar-refractivity contribution is 5.76. The van der Waals surface area contributed by atoms with Gasteiger partial charge in [-0.05, 0) is 26.2 Å². The summed E-state index contributed by atoms with van der Waals surface area (Å²) in [5.41, 5.74) is -0.710. The van der Waals surface area contributed by atoms with Crippen molar-refractivity contribution in [2.75, 3.05) is 26.3 Å². The molecule has 1 aliphatic rings. The molecule has 0 bridgehead atoms. The van der Waals surface area contributed by atoms with Gasteiger partial charge in [0.1, 0.15) is 0 Å². The number of carbonyl (C=O) groups is 1. The summed E-state index contributed by atoms with van der Waals surface area (Å²) >= 11 is 0. The minimum Gasteiger partial charge on any atom is -0.388 e. The van der Waals surface area contributed by atoms with Gasteiger partial charge >= 0.3 is 0 Å². The molecule has 0 saturated carbocycles. The SMILES string of the molecule is CCCOCCC(=O)N1CCCC(C)(O)C1. The maximum Gasteiger partial charge on any atom is 0.224 e. The summed E-state index contributed by atoms with van der Waals surface area (Å²) in [6, 6.07) is 0. The highest BCUT2D eigenvalue weighted by Gasteiger charge is 2.30. The van der Waals surface area contributed by atoms with Gasteiger partial charge in [0.25, 0.3) is 0 Å². The van der Waals surface area contributed by atoms with Crippen LogP contribution in [0.3, 0.4) is 0 Å². The quantitative estimate of drug-likeness (QED) is 0.720. The number of ether oxygens (including phenoxy) is 1. The van der Waals surface area contributed by atoms with Crippen LogP contribution in [0.1, 0.15) is 39.5 Å². The van der Waals surface area contributed by atoms with Gasteiger partial charge in [0.15, 0.2) is 0 Å². The second kappa shape index (κ2) is 6.21. The molecule has 1 atom stereocenters. The number of β-amino-alcohol motifs (C(OH)–C–C–N with tert-alkyl or cyclic N) is 1. The monoisotopic (exact) mass is 229 g/mol. The minimum atomic E-state index is -0.710. The highest BCUT2D eigenvalue weighted by atomic mass is 16.5. The fourth-order valence-corrected chi connectivity index (χ4v) is 2.00. The lowest BCUT2D eigenvalue weighted by Gasteiger charge is -2.36. The van der Waals surface area contributed by atoms with Crippen LogP contribution in [0.15, 0.2) is 0 Å². The molecule has 1 N–H and O–H groups in total. The van der Waals surface area contributed by atoms with E-state index < -0.39 is 5.60 Å². The van der Waals surface area contributed by atoms with Gasteiger partial charge in [-0.15, -0.1) is 0 Å². The highest BCUT2D eigenvalue weighted by Crippen LogP contribution is 2.20. The van der Waals surface area contributed by atoms with Crippen molar-refractivity contribution in [3.63, 3.8) is 0 Å². The molecule has 0 aromatic heterocycles. The zero-order chi connectivity index (χ0) is 12.0. The van der Waals surface area contributed by atoms with Crippen molar-refractivity contribution in [2.45, 2.75) is 45.1 Å². The number of aliphatic hydroxyl groups is 1. The van der Waals surface area contributed by atoms with Gasteiger partial charge in [-0.25, -0.2) is 0 Å². The van der Waals surface area contributed by atoms with Crippen LogP contribution >= 0.6 is 0 Å². The van der Waals surface area contributed by atoms with E-state index in [1.165, 1.54) is 0 Å². The molecule has 1 amide bonds. The molecule has 16 heavy (non-hydrogen) atoms. The predicted molar refractivity (Wildman–Crippen MR) is 62.2 cm³/mol. The third-order valence-electron chi connectivity index (χ3n) is 2.84. The van der Waals surface area contributed by atoms with Crippen LogP contribution in [0.2, 0.25) is 0 Å². The van der Waals surface area contributed by atoms with E-state index in [2.05, 4.69) is 0 Å². The number of nitrogens with zero attached hydrogens (tertiary/aromatic N) is 1. The van der Waals surface area contributed by atoms with Gasteiger partial charge in [-0.3, -0.25) is 4.79 Å². The number of carbonyl (C=O) groups excluding carboxylic acids is 1. The zero-order valence-corrected chi connectivity index (χ0v) is 10.4. The second-order valence-electron chi connectivity index (χ2n) is 4.78. The van der Waals surface area contributed by atoms with Gasteiger partial charge in [-0.1, -0.05) is 6.92 Å². The maximum absolute atomic E-state index is 11.8. The maximum atomic E-state index is 11.8. The first kappa shape index (κ1) is 13.5. The molecule has 1 fully saturated rings. The number of hydrogen-bond donors (Lipinski definition) is 1. The summed E-state index contributed by atoms with van der Waals surface area (Å²) in [4.78, 5) is 13.5. The van der Waals surface area contributed by atoms with Crippen LogP contribution in [0.5, 0.6) is 0 Å². The van der Waals surface area contributed by atoms with Crippen LogP contribution in [-0.2, 0) is 9.53 Å². The van der Waals surface area contributed by atoms with E-state index in [0.29, 0.717) is 26.2 Å². The third kappa shape index (κ3) is 4.49. The van der Waals surface area contributed by atoms with Gasteiger partial charge in [-0.2, -0.15) is 0 Å². The summed E-state index contributed by atoms with van der Waals surface area (Å²) in [7, 11) is 0. The lowest BCUT2D eigenvalue weighted by molar-refractivity contribution is -0.138. The minimum absolute atomic E-state index is 0.0936. The van der Waals surface area contributed by atoms with E-state index in [0.717, 1.165) is 25.8 Å². The first-order chi connectivity index (χ1) is 7.55. The zero-order valence-electron chi connectivity index (χ0n) is 10.4. The van der Waals surface area contributed by atoms with E-state index in [1.54, 1.807) is 11.8 Å². The van der Waals surface area contributed by atoms with Crippen molar-refractivity contribution in [1.29, 1.82) is 0 Å². The molecule has 1 saturated heterocycles. The molecule has 0 radical (unpaired) electrons. The molecule has 0 aromatic rings. The topological polar surface area (TPSA) is 49.8 Å². The van der Waals surface area contributed by atoms with Crippen LogP contribution in [0.4, 0.5) is 0 Å². The Morgan fingerprint density at radius 3 is 2.88 bits per heavy atom. The van der Waals surface area contributed by atoms with E-state index in [4.69, 9.17) is 4.74 Å². The summed E-state index contributed by atoms with van der Waals surface area (Å²) in [6.45, 7) is 6.27. The van der Waals surface area contributed by atoms with Crippen molar-refractivity contribution in [2.24, 2.45) is 0 Å². The summed E-state index contributed by atoms with van der Waals surface area (Å²) < 4.78 is 5.29. The normalized spacial score (nSPS) is 25.8. The number of hydrogen-bond acceptors (Lipinski definition) is 3. The van der Waals surface area contributed by atoms with Crippen LogP contribution in [0.25, 0.3) is 0 Å². The lowest BCUT2D eigenvalue weighted by Crippen LogP contribution is -2.48. The standard InChI is InChI=1S/C12H23NO3/c1-3-8-16-9-5-11(14)13-7-4-6-12(2,15)10-13/h15H,3-10H2,1-2H3. The Hall–Kier alpha value is -0.610. The Morgan fingerprint density at radius 1 is 1.50 bits per heavy atom. The lowest BCUT2D eigenvalue weighted by atomic mass is 9.95. The van der Waals surface area contributed by atoms with Crippen molar-refractivity contribution >= 4 is 5.91 Å². The largest absolute Gasteiger partial charge is 0.388 e. The van der Waals surface area contributed by atoms with Crippen LogP contribution in [-0.4, -0.2) is 47.8 Å². The molecular formula is C12H23NO3. The predicted octanol–water partition coefficient (Wildman–Crippen LogP) is 1.18. The third-order valence-corrected chi connectivity index (χ3v) is 2.84. The first-order valence-electron chi connectivity index (χ1n) is 6.13. The van der Waals surface area contributed by atoms with Gasteiger partial charge < -0.3 is 14.7 Å². The molecule has 1 heterocycles. The van der Waals surface area contributed by atoms with Gasteiger partial charge in [0.2, 0.25) is 5.91 Å². The van der Waals surface area contributed by atoms with E-state index in [1.807, 2.05) is 6.92 Å². The van der Waals surface area contributed by atoms with Crippen molar-refractivity contribution in [3.05, 3.63) is 0 Å². The molecule has 0 spiro atoms. The summed E-state index contributed by atoms with van der Waals surface area (Å²) in [5, 5.41) is 9.88. The average molecular weight is 229 g/mol. The first-order valence-corrected chi connectivity index (χ1v) is 6.13. The molecule has 1 rings (SSSR count). The van der Waals surface area contributed by atoms with E-state index in [9.17, 15) is 9.90 Å².